The Balaban J connectivity index is 1.58. The van der Waals surface area contributed by atoms with E-state index < -0.39 is 0 Å². The molecule has 2 aliphatic heterocycles. The first-order valence-electron chi connectivity index (χ1n) is 9.79. The van der Waals surface area contributed by atoms with Gasteiger partial charge >= 0.3 is 0 Å². The molecule has 0 spiro atoms. The Hall–Kier alpha value is -1.75. The standard InChI is InChI=1S/C22H24Cl2N2O2/c23-19-6-3-15(11-20(19)24)12-22(28)26-10-7-16-13-17(27)4-5-18(16)21(26)14-25-8-1-2-9-25/h3-6,11,13,21,27H,1-2,7-10,12,14H2/t21-/m0/s1. The molecule has 4 rings (SSSR count). The molecule has 0 unspecified atom stereocenters. The number of hydrogen-bond donors (Lipinski definition) is 1. The second-order valence-corrected chi connectivity index (χ2v) is 8.48. The summed E-state index contributed by atoms with van der Waals surface area (Å²) in [6.07, 6.45) is 3.49. The van der Waals surface area contributed by atoms with Gasteiger partial charge < -0.3 is 14.9 Å². The lowest BCUT2D eigenvalue weighted by atomic mass is 9.91. The summed E-state index contributed by atoms with van der Waals surface area (Å²) in [6.45, 7) is 3.66. The third kappa shape index (κ3) is 4.14. The van der Waals surface area contributed by atoms with Gasteiger partial charge in [-0.3, -0.25) is 4.79 Å². The number of nitrogens with zero attached hydrogens (tertiary/aromatic N) is 2. The lowest BCUT2D eigenvalue weighted by Gasteiger charge is -2.39. The predicted octanol–water partition coefficient (Wildman–Crippen LogP) is 4.46. The van der Waals surface area contributed by atoms with Crippen LogP contribution >= 0.6 is 23.2 Å². The number of phenols is 1. The summed E-state index contributed by atoms with van der Waals surface area (Å²) >= 11 is 12.1. The van der Waals surface area contributed by atoms with E-state index in [0.717, 1.165) is 42.7 Å². The van der Waals surface area contributed by atoms with Crippen LogP contribution in [0.3, 0.4) is 0 Å². The van der Waals surface area contributed by atoms with Crippen LogP contribution in [0, 0.1) is 0 Å². The zero-order valence-corrected chi connectivity index (χ0v) is 17.2. The molecule has 0 radical (unpaired) electrons. The minimum atomic E-state index is 0.0118. The first kappa shape index (κ1) is 19.6. The zero-order valence-electron chi connectivity index (χ0n) is 15.7. The molecule has 6 heteroatoms. The summed E-state index contributed by atoms with van der Waals surface area (Å²) in [5, 5.41) is 10.8. The summed E-state index contributed by atoms with van der Waals surface area (Å²) in [5.41, 5.74) is 3.16. The number of benzene rings is 2. The van der Waals surface area contributed by atoms with Gasteiger partial charge in [-0.05, 0) is 73.3 Å². The quantitative estimate of drug-likeness (QED) is 0.796. The Morgan fingerprint density at radius 3 is 2.57 bits per heavy atom. The summed E-state index contributed by atoms with van der Waals surface area (Å²) in [7, 11) is 0. The minimum Gasteiger partial charge on any atom is -0.508 e. The van der Waals surface area contributed by atoms with Crippen molar-refractivity contribution in [3.05, 3.63) is 63.1 Å². The first-order chi connectivity index (χ1) is 13.5. The average Bonchev–Trinajstić information content (AvgIpc) is 3.18. The van der Waals surface area contributed by atoms with Gasteiger partial charge in [-0.25, -0.2) is 0 Å². The fraction of sp³-hybridized carbons (Fsp3) is 0.409. The maximum atomic E-state index is 13.2. The van der Waals surface area contributed by atoms with Crippen molar-refractivity contribution in [2.75, 3.05) is 26.2 Å². The van der Waals surface area contributed by atoms with E-state index in [1.165, 1.54) is 12.8 Å². The number of aromatic hydroxyl groups is 1. The van der Waals surface area contributed by atoms with Crippen molar-refractivity contribution in [2.45, 2.75) is 31.7 Å². The zero-order chi connectivity index (χ0) is 19.7. The van der Waals surface area contributed by atoms with Crippen LogP contribution in [0.1, 0.15) is 35.6 Å². The third-order valence-electron chi connectivity index (χ3n) is 5.77. The molecule has 0 bridgehead atoms. The minimum absolute atomic E-state index is 0.0118. The molecule has 0 aromatic heterocycles. The molecule has 28 heavy (non-hydrogen) atoms. The molecule has 1 amide bonds. The van der Waals surface area contributed by atoms with Gasteiger partial charge in [0.05, 0.1) is 22.5 Å². The van der Waals surface area contributed by atoms with Gasteiger partial charge in [0.25, 0.3) is 0 Å². The van der Waals surface area contributed by atoms with Crippen LogP contribution in [0.2, 0.25) is 10.0 Å². The number of hydrogen-bond acceptors (Lipinski definition) is 3. The van der Waals surface area contributed by atoms with Gasteiger partial charge in [0.1, 0.15) is 5.75 Å². The van der Waals surface area contributed by atoms with E-state index >= 15 is 0 Å². The maximum absolute atomic E-state index is 13.2. The first-order valence-corrected chi connectivity index (χ1v) is 10.5. The second kappa shape index (κ2) is 8.32. The van der Waals surface area contributed by atoms with E-state index in [2.05, 4.69) is 4.90 Å². The Bertz CT molecular complexity index is 881. The summed E-state index contributed by atoms with van der Waals surface area (Å²) in [4.78, 5) is 17.6. The van der Waals surface area contributed by atoms with Crippen molar-refractivity contribution in [3.8, 4) is 5.75 Å². The van der Waals surface area contributed by atoms with Gasteiger partial charge in [0.15, 0.2) is 0 Å². The molecule has 1 fully saturated rings. The molecule has 4 nitrogen and oxygen atoms in total. The normalized spacial score (nSPS) is 19.6. The van der Waals surface area contributed by atoms with Gasteiger partial charge in [0, 0.05) is 13.1 Å². The Kier molecular flexibility index (Phi) is 5.81. The molecule has 2 aliphatic rings. The van der Waals surface area contributed by atoms with Crippen LogP contribution in [-0.2, 0) is 17.6 Å². The monoisotopic (exact) mass is 418 g/mol. The largest absolute Gasteiger partial charge is 0.508 e. The van der Waals surface area contributed by atoms with Crippen LogP contribution in [0.5, 0.6) is 5.75 Å². The van der Waals surface area contributed by atoms with E-state index in [1.54, 1.807) is 18.2 Å². The number of phenolic OH excluding ortho intramolecular Hbond substituents is 1. The highest BCUT2D eigenvalue weighted by molar-refractivity contribution is 6.42. The van der Waals surface area contributed by atoms with Crippen molar-refractivity contribution < 1.29 is 9.90 Å². The molecule has 0 saturated carbocycles. The number of amides is 1. The fourth-order valence-corrected chi connectivity index (χ4v) is 4.65. The number of halogens is 2. The van der Waals surface area contributed by atoms with Gasteiger partial charge in [-0.1, -0.05) is 35.3 Å². The topological polar surface area (TPSA) is 43.8 Å². The molecular weight excluding hydrogens is 395 g/mol. The highest BCUT2D eigenvalue weighted by atomic mass is 35.5. The Labute approximate surface area is 175 Å². The summed E-state index contributed by atoms with van der Waals surface area (Å²) < 4.78 is 0. The van der Waals surface area contributed by atoms with E-state index in [-0.39, 0.29) is 17.7 Å². The van der Waals surface area contributed by atoms with Gasteiger partial charge in [0.2, 0.25) is 5.91 Å². The van der Waals surface area contributed by atoms with E-state index in [4.69, 9.17) is 23.2 Å². The third-order valence-corrected chi connectivity index (χ3v) is 6.51. The van der Waals surface area contributed by atoms with E-state index in [0.29, 0.717) is 23.0 Å². The van der Waals surface area contributed by atoms with Crippen LogP contribution in [-0.4, -0.2) is 47.0 Å². The van der Waals surface area contributed by atoms with Crippen molar-refractivity contribution in [3.63, 3.8) is 0 Å². The van der Waals surface area contributed by atoms with Crippen molar-refractivity contribution in [1.29, 1.82) is 0 Å². The van der Waals surface area contributed by atoms with Gasteiger partial charge in [-0.2, -0.15) is 0 Å². The molecule has 148 valence electrons. The maximum Gasteiger partial charge on any atom is 0.227 e. The number of carbonyl (C=O) groups excluding carboxylic acids is 1. The van der Waals surface area contributed by atoms with E-state index in [1.807, 2.05) is 23.1 Å². The molecule has 0 aliphatic carbocycles. The number of rotatable bonds is 4. The van der Waals surface area contributed by atoms with Crippen LogP contribution < -0.4 is 0 Å². The summed E-state index contributed by atoms with van der Waals surface area (Å²) in [6, 6.07) is 10.9. The van der Waals surface area contributed by atoms with Crippen LogP contribution in [0.25, 0.3) is 0 Å². The van der Waals surface area contributed by atoms with Crippen molar-refractivity contribution >= 4 is 29.1 Å². The van der Waals surface area contributed by atoms with Crippen LogP contribution in [0.4, 0.5) is 0 Å². The molecule has 2 heterocycles. The lowest BCUT2D eigenvalue weighted by Crippen LogP contribution is -2.45. The highest BCUT2D eigenvalue weighted by Gasteiger charge is 2.32. The molecule has 1 N–H and O–H groups in total. The van der Waals surface area contributed by atoms with Crippen molar-refractivity contribution in [1.82, 2.24) is 9.80 Å². The molecule has 2 aromatic rings. The Morgan fingerprint density at radius 1 is 1.04 bits per heavy atom. The highest BCUT2D eigenvalue weighted by Crippen LogP contribution is 2.34. The molecule has 1 saturated heterocycles. The fourth-order valence-electron chi connectivity index (χ4n) is 4.33. The Morgan fingerprint density at radius 2 is 1.82 bits per heavy atom. The lowest BCUT2D eigenvalue weighted by molar-refractivity contribution is -0.133. The molecule has 2 aromatic carbocycles. The number of fused-ring (bicyclic) bond motifs is 1. The van der Waals surface area contributed by atoms with Crippen LogP contribution in [0.15, 0.2) is 36.4 Å². The summed E-state index contributed by atoms with van der Waals surface area (Å²) in [5.74, 6) is 0.385. The SMILES string of the molecule is O=C(Cc1ccc(Cl)c(Cl)c1)N1CCc2cc(O)ccc2[C@@H]1CN1CCCC1. The average molecular weight is 419 g/mol. The number of likely N-dealkylation sites (tertiary alicyclic amines) is 1. The molecule has 1 atom stereocenters. The second-order valence-electron chi connectivity index (χ2n) is 7.67. The number of carbonyl (C=O) groups is 1. The smallest absolute Gasteiger partial charge is 0.227 e. The van der Waals surface area contributed by atoms with Crippen molar-refractivity contribution in [2.24, 2.45) is 0 Å². The predicted molar refractivity (Wildman–Crippen MR) is 112 cm³/mol. The van der Waals surface area contributed by atoms with Gasteiger partial charge in [-0.15, -0.1) is 0 Å². The molecular formula is C22H24Cl2N2O2. The van der Waals surface area contributed by atoms with E-state index in [9.17, 15) is 9.90 Å².